The molecule has 2 aliphatic carbocycles. The number of hydrogen-bond donors (Lipinski definition) is 1. The minimum Gasteiger partial charge on any atom is -0.344 e. The predicted molar refractivity (Wildman–Crippen MR) is 79.1 cm³/mol. The summed E-state index contributed by atoms with van der Waals surface area (Å²) in [4.78, 5) is 26.7. The molecule has 2 saturated carbocycles. The molecule has 2 aliphatic rings. The minimum atomic E-state index is -0.416. The zero-order valence-electron chi connectivity index (χ0n) is 13.2. The van der Waals surface area contributed by atoms with Crippen LogP contribution in [0.3, 0.4) is 0 Å². The summed E-state index contributed by atoms with van der Waals surface area (Å²) >= 11 is 0. The van der Waals surface area contributed by atoms with Crippen molar-refractivity contribution in [1.82, 2.24) is 10.2 Å². The van der Waals surface area contributed by atoms with E-state index in [4.69, 9.17) is 0 Å². The fourth-order valence-electron chi connectivity index (χ4n) is 2.74. The van der Waals surface area contributed by atoms with Crippen LogP contribution in [-0.4, -0.2) is 35.8 Å². The molecule has 2 rings (SSSR count). The molecule has 0 saturated heterocycles. The molecule has 0 aromatic heterocycles. The zero-order valence-corrected chi connectivity index (χ0v) is 13.2. The van der Waals surface area contributed by atoms with Gasteiger partial charge in [0.05, 0.1) is 0 Å². The van der Waals surface area contributed by atoms with Gasteiger partial charge in [-0.15, -0.1) is 0 Å². The van der Waals surface area contributed by atoms with E-state index in [2.05, 4.69) is 5.32 Å². The van der Waals surface area contributed by atoms with Gasteiger partial charge in [-0.2, -0.15) is 0 Å². The average Bonchev–Trinajstić information content (AvgIpc) is 2.18. The largest absolute Gasteiger partial charge is 0.344 e. The summed E-state index contributed by atoms with van der Waals surface area (Å²) in [5, 5.41) is 3.01. The van der Waals surface area contributed by atoms with Crippen LogP contribution in [0.1, 0.15) is 59.3 Å². The van der Waals surface area contributed by atoms with Crippen molar-refractivity contribution in [3.63, 3.8) is 0 Å². The Labute approximate surface area is 122 Å². The molecule has 0 radical (unpaired) electrons. The normalized spacial score (nSPS) is 21.6. The Hall–Kier alpha value is -1.06. The van der Waals surface area contributed by atoms with Crippen molar-refractivity contribution in [3.05, 3.63) is 0 Å². The number of carbonyl (C=O) groups is 2. The molecule has 1 atom stereocenters. The quantitative estimate of drug-likeness (QED) is 0.859. The first-order valence-corrected chi connectivity index (χ1v) is 7.87. The number of amides is 2. The molecular formula is C16H28N2O2. The summed E-state index contributed by atoms with van der Waals surface area (Å²) in [5.41, 5.74) is -0.255. The fourth-order valence-corrected chi connectivity index (χ4v) is 2.74. The lowest BCUT2D eigenvalue weighted by molar-refractivity contribution is -0.143. The second-order valence-corrected chi connectivity index (χ2v) is 7.47. The van der Waals surface area contributed by atoms with Gasteiger partial charge in [-0.3, -0.25) is 9.59 Å². The highest BCUT2D eigenvalue weighted by Gasteiger charge is 2.39. The van der Waals surface area contributed by atoms with Crippen LogP contribution in [0.4, 0.5) is 0 Å². The van der Waals surface area contributed by atoms with Crippen LogP contribution < -0.4 is 5.32 Å². The first kappa shape index (κ1) is 15.3. The van der Waals surface area contributed by atoms with Gasteiger partial charge in [0.1, 0.15) is 6.04 Å². The molecule has 0 aliphatic heterocycles. The van der Waals surface area contributed by atoms with Crippen LogP contribution in [0.5, 0.6) is 0 Å². The van der Waals surface area contributed by atoms with E-state index < -0.39 is 6.04 Å². The zero-order chi connectivity index (χ0) is 14.9. The van der Waals surface area contributed by atoms with Gasteiger partial charge in [0, 0.05) is 19.0 Å². The molecule has 0 heterocycles. The number of carbonyl (C=O) groups excluding carboxylic acids is 2. The predicted octanol–water partition coefficient (Wildman–Crippen LogP) is 2.33. The number of rotatable bonds is 4. The van der Waals surface area contributed by atoms with E-state index >= 15 is 0 Å². The Morgan fingerprint density at radius 3 is 2.00 bits per heavy atom. The van der Waals surface area contributed by atoms with Crippen molar-refractivity contribution < 1.29 is 9.59 Å². The molecule has 20 heavy (non-hydrogen) atoms. The van der Waals surface area contributed by atoms with Crippen molar-refractivity contribution in [3.8, 4) is 0 Å². The molecule has 4 nitrogen and oxygen atoms in total. The topological polar surface area (TPSA) is 49.4 Å². The lowest BCUT2D eigenvalue weighted by Gasteiger charge is -2.40. The van der Waals surface area contributed by atoms with Crippen molar-refractivity contribution in [2.24, 2.45) is 11.3 Å². The SMILES string of the molecule is CN(C(=O)C(NC(=O)C1CCC1)C(C)(C)C)C1CCC1. The Bertz CT molecular complexity index is 378. The highest BCUT2D eigenvalue weighted by molar-refractivity contribution is 5.89. The average molecular weight is 280 g/mol. The summed E-state index contributed by atoms with van der Waals surface area (Å²) in [6.07, 6.45) is 6.46. The third-order valence-electron chi connectivity index (χ3n) is 4.85. The molecule has 4 heteroatoms. The Balaban J connectivity index is 2.02. The van der Waals surface area contributed by atoms with Crippen LogP contribution in [0, 0.1) is 11.3 Å². The second-order valence-electron chi connectivity index (χ2n) is 7.47. The van der Waals surface area contributed by atoms with Gasteiger partial charge in [0.25, 0.3) is 0 Å². The van der Waals surface area contributed by atoms with Crippen LogP contribution in [0.15, 0.2) is 0 Å². The molecule has 0 aromatic rings. The van der Waals surface area contributed by atoms with Gasteiger partial charge < -0.3 is 10.2 Å². The van der Waals surface area contributed by atoms with E-state index in [-0.39, 0.29) is 23.1 Å². The van der Waals surface area contributed by atoms with E-state index in [9.17, 15) is 9.59 Å². The third kappa shape index (κ3) is 3.15. The number of likely N-dealkylation sites (N-methyl/N-ethyl adjacent to an activating group) is 1. The number of nitrogens with zero attached hydrogens (tertiary/aromatic N) is 1. The molecule has 2 fully saturated rings. The van der Waals surface area contributed by atoms with Crippen LogP contribution >= 0.6 is 0 Å². The first-order chi connectivity index (χ1) is 9.30. The van der Waals surface area contributed by atoms with Crippen molar-refractivity contribution in [2.75, 3.05) is 7.05 Å². The minimum absolute atomic E-state index is 0.0616. The van der Waals surface area contributed by atoms with E-state index in [0.717, 1.165) is 32.1 Å². The van der Waals surface area contributed by atoms with E-state index in [0.29, 0.717) is 6.04 Å². The molecule has 1 N–H and O–H groups in total. The second kappa shape index (κ2) is 5.74. The van der Waals surface area contributed by atoms with Crippen LogP contribution in [-0.2, 0) is 9.59 Å². The van der Waals surface area contributed by atoms with Gasteiger partial charge >= 0.3 is 0 Å². The lowest BCUT2D eigenvalue weighted by atomic mass is 9.81. The van der Waals surface area contributed by atoms with Crippen molar-refractivity contribution >= 4 is 11.8 Å². The molecule has 0 spiro atoms. The first-order valence-electron chi connectivity index (χ1n) is 7.87. The highest BCUT2D eigenvalue weighted by Crippen LogP contribution is 2.30. The monoisotopic (exact) mass is 280 g/mol. The standard InChI is InChI=1S/C16H28N2O2/c1-16(2,3)13(17-14(19)11-7-5-8-11)15(20)18(4)12-9-6-10-12/h11-13H,5-10H2,1-4H3,(H,17,19). The highest BCUT2D eigenvalue weighted by atomic mass is 16.2. The number of nitrogens with one attached hydrogen (secondary N) is 1. The molecule has 114 valence electrons. The van der Waals surface area contributed by atoms with Gasteiger partial charge in [0.2, 0.25) is 11.8 Å². The number of hydrogen-bond acceptors (Lipinski definition) is 2. The van der Waals surface area contributed by atoms with Gasteiger partial charge in [-0.05, 0) is 37.5 Å². The third-order valence-corrected chi connectivity index (χ3v) is 4.85. The van der Waals surface area contributed by atoms with Gasteiger partial charge in [-0.25, -0.2) is 0 Å². The van der Waals surface area contributed by atoms with Gasteiger partial charge in [-0.1, -0.05) is 27.2 Å². The smallest absolute Gasteiger partial charge is 0.245 e. The molecule has 2 amide bonds. The van der Waals surface area contributed by atoms with E-state index in [1.807, 2.05) is 32.7 Å². The summed E-state index contributed by atoms with van der Waals surface area (Å²) in [7, 11) is 1.88. The molecule has 1 unspecified atom stereocenters. The molecule has 0 aromatic carbocycles. The lowest BCUT2D eigenvalue weighted by Crippen LogP contribution is -2.57. The summed E-state index contributed by atoms with van der Waals surface area (Å²) in [5.74, 6) is 0.253. The summed E-state index contributed by atoms with van der Waals surface area (Å²) < 4.78 is 0. The fraction of sp³-hybridized carbons (Fsp3) is 0.875. The maximum Gasteiger partial charge on any atom is 0.245 e. The Morgan fingerprint density at radius 2 is 1.65 bits per heavy atom. The van der Waals surface area contributed by atoms with Crippen LogP contribution in [0.2, 0.25) is 0 Å². The van der Waals surface area contributed by atoms with E-state index in [1.54, 1.807) is 0 Å². The van der Waals surface area contributed by atoms with Crippen molar-refractivity contribution in [2.45, 2.75) is 71.4 Å². The molecule has 0 bridgehead atoms. The van der Waals surface area contributed by atoms with Crippen molar-refractivity contribution in [1.29, 1.82) is 0 Å². The molecular weight excluding hydrogens is 252 g/mol. The Kier molecular flexibility index (Phi) is 4.40. The van der Waals surface area contributed by atoms with Gasteiger partial charge in [0.15, 0.2) is 0 Å². The Morgan fingerprint density at radius 1 is 1.10 bits per heavy atom. The maximum absolute atomic E-state index is 12.7. The maximum atomic E-state index is 12.7. The summed E-state index contributed by atoms with van der Waals surface area (Å²) in [6, 6.07) is -0.0471. The summed E-state index contributed by atoms with van der Waals surface area (Å²) in [6.45, 7) is 6.06. The van der Waals surface area contributed by atoms with E-state index in [1.165, 1.54) is 6.42 Å². The van der Waals surface area contributed by atoms with Crippen LogP contribution in [0.25, 0.3) is 0 Å².